The Labute approximate surface area is 253 Å². The Hall–Kier alpha value is -4.16. The summed E-state index contributed by atoms with van der Waals surface area (Å²) in [5.41, 5.74) is -1.90. The molecular weight excluding hydrogens is 586 g/mol. The fourth-order valence-corrected chi connectivity index (χ4v) is 5.95. The molecular formula is C30H34ClNO11. The van der Waals surface area contributed by atoms with Crippen LogP contribution in [0, 0.1) is 5.92 Å². The Morgan fingerprint density at radius 2 is 1.63 bits per heavy atom. The Morgan fingerprint density at radius 1 is 1.02 bits per heavy atom. The summed E-state index contributed by atoms with van der Waals surface area (Å²) in [5.74, 6) is -3.26. The number of halogens is 1. The number of rotatable bonds is 11. The second kappa shape index (κ2) is 12.6. The zero-order valence-corrected chi connectivity index (χ0v) is 25.4. The number of hydrogen-bond acceptors (Lipinski definition) is 11. The van der Waals surface area contributed by atoms with Crippen LogP contribution in [0.25, 0.3) is 0 Å². The van der Waals surface area contributed by atoms with Crippen LogP contribution in [0.2, 0.25) is 5.02 Å². The topological polar surface area (TPSA) is 159 Å². The van der Waals surface area contributed by atoms with E-state index in [-0.39, 0.29) is 76.6 Å². The number of fused-ring (bicyclic) bond motifs is 1. The van der Waals surface area contributed by atoms with Gasteiger partial charge in [0.05, 0.1) is 42.2 Å². The normalized spacial score (nSPS) is 20.0. The van der Waals surface area contributed by atoms with Crippen molar-refractivity contribution < 1.29 is 53.0 Å². The number of hydrogen-bond donors (Lipinski definition) is 3. The molecule has 2 aromatic rings. The van der Waals surface area contributed by atoms with Gasteiger partial charge < -0.3 is 44.0 Å². The first-order valence-electron chi connectivity index (χ1n) is 13.4. The molecule has 1 aliphatic carbocycles. The molecule has 0 saturated carbocycles. The zero-order valence-electron chi connectivity index (χ0n) is 24.7. The predicted molar refractivity (Wildman–Crippen MR) is 154 cm³/mol. The van der Waals surface area contributed by atoms with Crippen molar-refractivity contribution in [2.24, 2.45) is 5.92 Å². The number of carbonyl (C=O) groups excluding carboxylic acids is 3. The lowest BCUT2D eigenvalue weighted by Crippen LogP contribution is -2.53. The Balaban J connectivity index is 1.98. The molecule has 1 unspecified atom stereocenters. The molecule has 2 aliphatic rings. The van der Waals surface area contributed by atoms with E-state index in [1.54, 1.807) is 19.1 Å². The monoisotopic (exact) mass is 619 g/mol. The van der Waals surface area contributed by atoms with Crippen molar-refractivity contribution >= 4 is 29.1 Å². The van der Waals surface area contributed by atoms with Crippen LogP contribution in [0.1, 0.15) is 41.6 Å². The Kier molecular flexibility index (Phi) is 9.31. The second-order valence-corrected chi connectivity index (χ2v) is 10.4. The van der Waals surface area contributed by atoms with Crippen molar-refractivity contribution in [1.82, 2.24) is 5.32 Å². The van der Waals surface area contributed by atoms with Crippen LogP contribution in [0.15, 0.2) is 29.5 Å². The van der Waals surface area contributed by atoms with Gasteiger partial charge in [-0.25, -0.2) is 0 Å². The molecule has 2 aromatic carbocycles. The highest BCUT2D eigenvalue weighted by Gasteiger charge is 2.61. The highest BCUT2D eigenvalue weighted by Crippen LogP contribution is 2.56. The summed E-state index contributed by atoms with van der Waals surface area (Å²) in [6, 6.07) is 4.55. The number of allylic oxidation sites excluding steroid dienone is 1. The molecule has 0 saturated heterocycles. The molecule has 1 amide bonds. The molecule has 43 heavy (non-hydrogen) atoms. The third-order valence-electron chi connectivity index (χ3n) is 7.77. The first kappa shape index (κ1) is 31.8. The standard InChI is InChI=1S/C30H34ClNO11/c1-14-9-17(34)23(28(36)30(14)29(37)24-18(38-2)13-19(39-3)25(31)27(24)43-30)16(12-22(35)32-7-8-33)15-10-20(40-4)26(42-6)21(11-15)41-5/h10-11,13-14,16,33,36H,7-9,12H2,1-6H3,(H,32,35)/t14-,16?,30+/m1/s1. The van der Waals surface area contributed by atoms with Gasteiger partial charge in [0.25, 0.3) is 0 Å². The molecule has 0 radical (unpaired) electrons. The molecule has 1 spiro atoms. The number of ether oxygens (including phenoxy) is 6. The average Bonchev–Trinajstić information content (AvgIpc) is 3.32. The van der Waals surface area contributed by atoms with Crippen molar-refractivity contribution in [2.45, 2.75) is 31.3 Å². The van der Waals surface area contributed by atoms with E-state index >= 15 is 0 Å². The van der Waals surface area contributed by atoms with Crippen LogP contribution in [-0.2, 0) is 9.59 Å². The molecule has 4 rings (SSSR count). The maximum Gasteiger partial charge on any atom is 0.231 e. The summed E-state index contributed by atoms with van der Waals surface area (Å²) in [6.07, 6.45) is -0.539. The molecule has 0 bridgehead atoms. The Bertz CT molecular complexity index is 1460. The molecule has 3 N–H and O–H groups in total. The van der Waals surface area contributed by atoms with Crippen LogP contribution >= 0.6 is 11.6 Å². The smallest absolute Gasteiger partial charge is 0.231 e. The second-order valence-electron chi connectivity index (χ2n) is 10.0. The maximum atomic E-state index is 14.2. The number of amides is 1. The average molecular weight is 620 g/mol. The minimum Gasteiger partial charge on any atom is -0.507 e. The fourth-order valence-electron chi connectivity index (χ4n) is 5.68. The van der Waals surface area contributed by atoms with Gasteiger partial charge in [-0.05, 0) is 17.7 Å². The molecule has 3 atom stereocenters. The summed E-state index contributed by atoms with van der Waals surface area (Å²) in [5, 5.41) is 23.8. The molecule has 12 nitrogen and oxygen atoms in total. The van der Waals surface area contributed by atoms with E-state index in [0.717, 1.165) is 0 Å². The summed E-state index contributed by atoms with van der Waals surface area (Å²) in [6.45, 7) is 1.27. The largest absolute Gasteiger partial charge is 0.507 e. The quantitative estimate of drug-likeness (QED) is 0.338. The van der Waals surface area contributed by atoms with Gasteiger partial charge in [0, 0.05) is 42.9 Å². The van der Waals surface area contributed by atoms with Crippen LogP contribution < -0.4 is 33.7 Å². The van der Waals surface area contributed by atoms with Gasteiger partial charge in [0.15, 0.2) is 28.8 Å². The molecule has 232 valence electrons. The lowest BCUT2D eigenvalue weighted by molar-refractivity contribution is -0.122. The minimum absolute atomic E-state index is 0.00784. The van der Waals surface area contributed by atoms with Gasteiger partial charge in [-0.1, -0.05) is 18.5 Å². The van der Waals surface area contributed by atoms with Crippen LogP contribution in [0.3, 0.4) is 0 Å². The summed E-state index contributed by atoms with van der Waals surface area (Å²) in [4.78, 5) is 41.0. The minimum atomic E-state index is -2.05. The summed E-state index contributed by atoms with van der Waals surface area (Å²) in [7, 11) is 7.01. The number of methoxy groups -OCH3 is 5. The number of benzene rings is 2. The van der Waals surface area contributed by atoms with Gasteiger partial charge in [-0.15, -0.1) is 0 Å². The number of nitrogens with one attached hydrogen (secondary N) is 1. The fraction of sp³-hybridized carbons (Fsp3) is 0.433. The van der Waals surface area contributed by atoms with Crippen molar-refractivity contribution in [3.8, 4) is 34.5 Å². The highest BCUT2D eigenvalue weighted by atomic mass is 35.5. The SMILES string of the molecule is COc1cc(OC)c2c(c1Cl)O[C@]1(C2=O)C(O)=C(C(CC(=O)NCCO)c2cc(OC)c(OC)c(OC)c2)C(=O)C[C@H]1C. The van der Waals surface area contributed by atoms with Gasteiger partial charge in [0.2, 0.25) is 23.0 Å². The molecule has 1 aliphatic heterocycles. The van der Waals surface area contributed by atoms with Gasteiger partial charge >= 0.3 is 0 Å². The summed E-state index contributed by atoms with van der Waals surface area (Å²) >= 11 is 6.55. The van der Waals surface area contributed by atoms with Crippen molar-refractivity contribution in [3.05, 3.63) is 45.7 Å². The third kappa shape index (κ3) is 5.18. The van der Waals surface area contributed by atoms with Crippen LogP contribution in [0.4, 0.5) is 0 Å². The summed E-state index contributed by atoms with van der Waals surface area (Å²) < 4.78 is 33.4. The first-order valence-corrected chi connectivity index (χ1v) is 13.7. The predicted octanol–water partition coefficient (Wildman–Crippen LogP) is 3.40. The first-order chi connectivity index (χ1) is 20.5. The highest BCUT2D eigenvalue weighted by molar-refractivity contribution is 6.35. The van der Waals surface area contributed by atoms with Crippen molar-refractivity contribution in [1.29, 1.82) is 0 Å². The number of aliphatic hydroxyl groups is 2. The molecule has 1 heterocycles. The number of ketones is 2. The van der Waals surface area contributed by atoms with Crippen molar-refractivity contribution in [3.63, 3.8) is 0 Å². The van der Waals surface area contributed by atoms with Gasteiger partial charge in [-0.3, -0.25) is 14.4 Å². The maximum absolute atomic E-state index is 14.2. The molecule has 13 heteroatoms. The van der Waals surface area contributed by atoms with Gasteiger partial charge in [0.1, 0.15) is 22.1 Å². The number of Topliss-reactive ketones (excluding diaryl/α,β-unsaturated/α-hetero) is 2. The zero-order chi connectivity index (χ0) is 31.6. The van der Waals surface area contributed by atoms with E-state index in [1.165, 1.54) is 41.6 Å². The lowest BCUT2D eigenvalue weighted by Gasteiger charge is -2.38. The van der Waals surface area contributed by atoms with E-state index in [2.05, 4.69) is 5.32 Å². The molecule has 0 fully saturated rings. The van der Waals surface area contributed by atoms with E-state index in [1.807, 2.05) is 0 Å². The number of aliphatic hydroxyl groups excluding tert-OH is 2. The Morgan fingerprint density at radius 3 is 2.16 bits per heavy atom. The van der Waals surface area contributed by atoms with E-state index in [4.69, 9.17) is 40.0 Å². The number of carbonyl (C=O) groups is 3. The van der Waals surface area contributed by atoms with E-state index in [9.17, 15) is 24.6 Å². The van der Waals surface area contributed by atoms with E-state index < -0.39 is 40.7 Å². The van der Waals surface area contributed by atoms with Crippen molar-refractivity contribution in [2.75, 3.05) is 48.7 Å². The van der Waals surface area contributed by atoms with E-state index in [0.29, 0.717) is 5.56 Å². The van der Waals surface area contributed by atoms with Gasteiger partial charge in [-0.2, -0.15) is 0 Å². The van der Waals surface area contributed by atoms with Crippen LogP contribution in [-0.4, -0.2) is 82.0 Å². The van der Waals surface area contributed by atoms with Crippen LogP contribution in [0.5, 0.6) is 34.5 Å². The lowest BCUT2D eigenvalue weighted by atomic mass is 9.69. The third-order valence-corrected chi connectivity index (χ3v) is 8.13. The molecule has 0 aromatic heterocycles.